The van der Waals surface area contributed by atoms with Crippen molar-refractivity contribution in [1.82, 2.24) is 9.78 Å². The van der Waals surface area contributed by atoms with Crippen molar-refractivity contribution >= 4 is 5.97 Å². The van der Waals surface area contributed by atoms with Gasteiger partial charge < -0.3 is 14.9 Å². The summed E-state index contributed by atoms with van der Waals surface area (Å²) in [5, 5.41) is 24.1. The number of aromatic nitrogens is 2. The first-order valence-corrected chi connectivity index (χ1v) is 6.51. The van der Waals surface area contributed by atoms with Gasteiger partial charge in [0.1, 0.15) is 6.10 Å². The van der Waals surface area contributed by atoms with E-state index in [1.54, 1.807) is 22.9 Å². The van der Waals surface area contributed by atoms with Gasteiger partial charge >= 0.3 is 5.97 Å². The Morgan fingerprint density at radius 1 is 1.29 bits per heavy atom. The third-order valence-corrected chi connectivity index (χ3v) is 3.21. The molecule has 0 aliphatic heterocycles. The second-order valence-corrected chi connectivity index (χ2v) is 4.85. The Morgan fingerprint density at radius 2 is 2.00 bits per heavy atom. The molecular formula is C15H18N2O4. The van der Waals surface area contributed by atoms with Crippen LogP contribution in [0.1, 0.15) is 23.1 Å². The average molecular weight is 290 g/mol. The number of aliphatic hydroxyl groups is 2. The number of hydrogen-bond acceptors (Lipinski definition) is 5. The second kappa shape index (κ2) is 6.07. The number of hydrogen-bond donors (Lipinski definition) is 2. The number of methoxy groups -OCH3 is 1. The lowest BCUT2D eigenvalue weighted by Gasteiger charge is -2.17. The largest absolute Gasteiger partial charge is 0.467 e. The highest BCUT2D eigenvalue weighted by molar-refractivity contribution is 5.75. The SMILES string of the molecule is COC(=O)C(O)C(O)c1cccc(-n2nc(C)cc2C)c1. The van der Waals surface area contributed by atoms with Crippen LogP contribution in [0.2, 0.25) is 0 Å². The fourth-order valence-electron chi connectivity index (χ4n) is 2.16. The van der Waals surface area contributed by atoms with E-state index in [9.17, 15) is 15.0 Å². The van der Waals surface area contributed by atoms with Gasteiger partial charge in [0.2, 0.25) is 0 Å². The zero-order chi connectivity index (χ0) is 15.6. The molecule has 6 nitrogen and oxygen atoms in total. The monoisotopic (exact) mass is 290 g/mol. The predicted octanol–water partition coefficient (Wildman–Crippen LogP) is 1.06. The van der Waals surface area contributed by atoms with Crippen LogP contribution in [-0.4, -0.2) is 39.2 Å². The maximum Gasteiger partial charge on any atom is 0.337 e. The van der Waals surface area contributed by atoms with E-state index in [4.69, 9.17) is 0 Å². The van der Waals surface area contributed by atoms with Crippen LogP contribution in [0.15, 0.2) is 30.3 Å². The second-order valence-electron chi connectivity index (χ2n) is 4.85. The lowest BCUT2D eigenvalue weighted by Crippen LogP contribution is -2.29. The lowest BCUT2D eigenvalue weighted by molar-refractivity contribution is -0.156. The summed E-state index contributed by atoms with van der Waals surface area (Å²) in [4.78, 5) is 11.3. The molecule has 21 heavy (non-hydrogen) atoms. The van der Waals surface area contributed by atoms with Crippen LogP contribution in [0.25, 0.3) is 5.69 Å². The molecule has 2 atom stereocenters. The van der Waals surface area contributed by atoms with Gasteiger partial charge in [-0.2, -0.15) is 5.10 Å². The first-order chi connectivity index (χ1) is 9.93. The summed E-state index contributed by atoms with van der Waals surface area (Å²) in [7, 11) is 1.16. The minimum atomic E-state index is -1.62. The summed E-state index contributed by atoms with van der Waals surface area (Å²) in [6, 6.07) is 8.81. The molecule has 0 saturated heterocycles. The molecule has 1 heterocycles. The molecule has 0 fully saturated rings. The fraction of sp³-hybridized carbons (Fsp3) is 0.333. The lowest BCUT2D eigenvalue weighted by atomic mass is 10.0. The van der Waals surface area contributed by atoms with Gasteiger partial charge in [0.05, 0.1) is 18.5 Å². The first-order valence-electron chi connectivity index (χ1n) is 6.51. The van der Waals surface area contributed by atoms with E-state index < -0.39 is 18.2 Å². The molecule has 2 unspecified atom stereocenters. The van der Waals surface area contributed by atoms with Gasteiger partial charge in [-0.3, -0.25) is 0 Å². The number of ether oxygens (including phenoxy) is 1. The Labute approximate surface area is 122 Å². The van der Waals surface area contributed by atoms with Gasteiger partial charge in [0.25, 0.3) is 0 Å². The van der Waals surface area contributed by atoms with E-state index in [-0.39, 0.29) is 0 Å². The molecule has 1 aromatic heterocycles. The highest BCUT2D eigenvalue weighted by atomic mass is 16.5. The summed E-state index contributed by atoms with van der Waals surface area (Å²) < 4.78 is 6.16. The van der Waals surface area contributed by atoms with E-state index in [1.807, 2.05) is 26.0 Å². The zero-order valence-corrected chi connectivity index (χ0v) is 12.1. The summed E-state index contributed by atoms with van der Waals surface area (Å²) in [5.74, 6) is -0.876. The van der Waals surface area contributed by atoms with Crippen LogP contribution < -0.4 is 0 Å². The number of esters is 1. The van der Waals surface area contributed by atoms with Gasteiger partial charge in [0, 0.05) is 5.69 Å². The van der Waals surface area contributed by atoms with Crippen LogP contribution in [0, 0.1) is 13.8 Å². The molecular weight excluding hydrogens is 272 g/mol. The molecule has 0 aliphatic rings. The van der Waals surface area contributed by atoms with Crippen molar-refractivity contribution in [2.24, 2.45) is 0 Å². The van der Waals surface area contributed by atoms with E-state index in [0.29, 0.717) is 5.56 Å². The van der Waals surface area contributed by atoms with Gasteiger partial charge in [-0.25, -0.2) is 9.48 Å². The van der Waals surface area contributed by atoms with Crippen LogP contribution in [0.5, 0.6) is 0 Å². The highest BCUT2D eigenvalue weighted by Gasteiger charge is 2.26. The predicted molar refractivity (Wildman–Crippen MR) is 76.0 cm³/mol. The van der Waals surface area contributed by atoms with E-state index in [0.717, 1.165) is 24.2 Å². The summed E-state index contributed by atoms with van der Waals surface area (Å²) in [5.41, 5.74) is 2.99. The van der Waals surface area contributed by atoms with Crippen molar-refractivity contribution in [3.8, 4) is 5.69 Å². The van der Waals surface area contributed by atoms with Gasteiger partial charge in [-0.15, -0.1) is 0 Å². The molecule has 0 radical (unpaired) electrons. The maximum atomic E-state index is 11.3. The van der Waals surface area contributed by atoms with Crippen LogP contribution in [-0.2, 0) is 9.53 Å². The number of aliphatic hydroxyl groups excluding tert-OH is 2. The van der Waals surface area contributed by atoms with E-state index in [2.05, 4.69) is 9.84 Å². The van der Waals surface area contributed by atoms with Crippen LogP contribution >= 0.6 is 0 Å². The summed E-state index contributed by atoms with van der Waals surface area (Å²) in [6.45, 7) is 3.82. The number of carbonyl (C=O) groups is 1. The Hall–Kier alpha value is -2.18. The summed E-state index contributed by atoms with van der Waals surface area (Å²) >= 11 is 0. The van der Waals surface area contributed by atoms with Crippen molar-refractivity contribution < 1.29 is 19.7 Å². The minimum absolute atomic E-state index is 0.415. The Kier molecular flexibility index (Phi) is 4.40. The molecule has 2 aromatic rings. The van der Waals surface area contributed by atoms with Crippen molar-refractivity contribution in [2.75, 3.05) is 7.11 Å². The highest BCUT2D eigenvalue weighted by Crippen LogP contribution is 2.21. The van der Waals surface area contributed by atoms with E-state index in [1.165, 1.54) is 0 Å². The molecule has 6 heteroatoms. The number of aryl methyl sites for hydroxylation is 2. The quantitative estimate of drug-likeness (QED) is 0.822. The number of carbonyl (C=O) groups excluding carboxylic acids is 1. The van der Waals surface area contributed by atoms with Crippen molar-refractivity contribution in [2.45, 2.75) is 26.1 Å². The van der Waals surface area contributed by atoms with Gasteiger partial charge in [0.15, 0.2) is 6.10 Å². The number of benzene rings is 1. The number of rotatable bonds is 4. The van der Waals surface area contributed by atoms with Crippen LogP contribution in [0.4, 0.5) is 0 Å². The molecule has 0 saturated carbocycles. The fourth-order valence-corrected chi connectivity index (χ4v) is 2.16. The smallest absolute Gasteiger partial charge is 0.337 e. The number of nitrogens with zero attached hydrogens (tertiary/aromatic N) is 2. The molecule has 2 rings (SSSR count). The van der Waals surface area contributed by atoms with Gasteiger partial charge in [-0.1, -0.05) is 12.1 Å². The Bertz CT molecular complexity index is 651. The van der Waals surface area contributed by atoms with Crippen LogP contribution in [0.3, 0.4) is 0 Å². The molecule has 0 spiro atoms. The van der Waals surface area contributed by atoms with E-state index >= 15 is 0 Å². The molecule has 0 aliphatic carbocycles. The summed E-state index contributed by atoms with van der Waals surface area (Å²) in [6.07, 6.45) is -2.97. The van der Waals surface area contributed by atoms with Crippen molar-refractivity contribution in [1.29, 1.82) is 0 Å². The average Bonchev–Trinajstić information content (AvgIpc) is 2.83. The van der Waals surface area contributed by atoms with Crippen molar-refractivity contribution in [3.05, 3.63) is 47.3 Å². The first kappa shape index (κ1) is 15.2. The third kappa shape index (κ3) is 3.12. The Balaban J connectivity index is 2.34. The van der Waals surface area contributed by atoms with Crippen molar-refractivity contribution in [3.63, 3.8) is 0 Å². The topological polar surface area (TPSA) is 84.6 Å². The zero-order valence-electron chi connectivity index (χ0n) is 12.1. The molecule has 1 aromatic carbocycles. The Morgan fingerprint density at radius 3 is 2.57 bits per heavy atom. The molecule has 0 amide bonds. The minimum Gasteiger partial charge on any atom is -0.467 e. The maximum absolute atomic E-state index is 11.3. The molecule has 0 bridgehead atoms. The normalized spacial score (nSPS) is 13.8. The molecule has 2 N–H and O–H groups in total. The standard InChI is InChI=1S/C15H18N2O4/c1-9-7-10(2)17(16-9)12-6-4-5-11(8-12)13(18)14(19)15(20)21-3/h4-8,13-14,18-19H,1-3H3. The van der Waals surface area contributed by atoms with Gasteiger partial charge in [-0.05, 0) is 37.6 Å². The third-order valence-electron chi connectivity index (χ3n) is 3.21. The molecule has 112 valence electrons.